The highest BCUT2D eigenvalue weighted by atomic mass is 35.5. The van der Waals surface area contributed by atoms with Crippen molar-refractivity contribution in [3.63, 3.8) is 0 Å². The average molecular weight is 324 g/mol. The van der Waals surface area contributed by atoms with Gasteiger partial charge in [0.15, 0.2) is 0 Å². The van der Waals surface area contributed by atoms with Crippen LogP contribution in [0.5, 0.6) is 11.5 Å². The molecule has 0 unspecified atom stereocenters. The van der Waals surface area contributed by atoms with E-state index in [9.17, 15) is 0 Å². The molecule has 0 amide bonds. The molecule has 3 nitrogen and oxygen atoms in total. The Kier molecular flexibility index (Phi) is 6.08. The number of ether oxygens (including phenoxy) is 2. The molecule has 2 aromatic carbocycles. The lowest BCUT2D eigenvalue weighted by Gasteiger charge is -2.09. The largest absolute Gasteiger partial charge is 0.496 e. The first kappa shape index (κ1) is 15.9. The van der Waals surface area contributed by atoms with Gasteiger partial charge < -0.3 is 15.2 Å². The lowest BCUT2D eigenvalue weighted by Crippen LogP contribution is -1.98. The van der Waals surface area contributed by atoms with E-state index in [-0.39, 0.29) is 0 Å². The van der Waals surface area contributed by atoms with Crippen molar-refractivity contribution < 1.29 is 9.47 Å². The predicted molar refractivity (Wildman–Crippen MR) is 89.7 cm³/mol. The van der Waals surface area contributed by atoms with Gasteiger partial charge in [0, 0.05) is 27.4 Å². The molecule has 0 saturated heterocycles. The molecule has 5 heteroatoms. The zero-order chi connectivity index (χ0) is 15.1. The van der Waals surface area contributed by atoms with Gasteiger partial charge >= 0.3 is 0 Å². The number of methoxy groups -OCH3 is 1. The van der Waals surface area contributed by atoms with E-state index in [2.05, 4.69) is 0 Å². The summed E-state index contributed by atoms with van der Waals surface area (Å²) in [5.41, 5.74) is 6.45. The molecule has 2 aromatic rings. The quantitative estimate of drug-likeness (QED) is 0.463. The second-order valence-corrected chi connectivity index (χ2v) is 5.99. The van der Waals surface area contributed by atoms with Gasteiger partial charge in [0.1, 0.15) is 11.5 Å². The van der Waals surface area contributed by atoms with E-state index in [1.54, 1.807) is 18.9 Å². The maximum atomic E-state index is 5.82. The van der Waals surface area contributed by atoms with E-state index in [4.69, 9.17) is 26.8 Å². The fourth-order valence-corrected chi connectivity index (χ4v) is 2.82. The molecular weight excluding hydrogens is 306 g/mol. The molecule has 0 fully saturated rings. The molecule has 0 aromatic heterocycles. The maximum absolute atomic E-state index is 5.82. The van der Waals surface area contributed by atoms with Crippen LogP contribution >= 0.6 is 23.4 Å². The summed E-state index contributed by atoms with van der Waals surface area (Å²) in [6, 6.07) is 13.1. The van der Waals surface area contributed by atoms with Crippen molar-refractivity contribution in [3.05, 3.63) is 47.5 Å². The number of rotatable bonds is 7. The van der Waals surface area contributed by atoms with E-state index < -0.39 is 0 Å². The van der Waals surface area contributed by atoms with Crippen molar-refractivity contribution >= 4 is 29.1 Å². The molecule has 112 valence electrons. The van der Waals surface area contributed by atoms with Crippen molar-refractivity contribution in [2.45, 2.75) is 11.3 Å². The predicted octanol–water partition coefficient (Wildman–Crippen LogP) is 4.49. The van der Waals surface area contributed by atoms with Crippen LogP contribution in [-0.2, 0) is 0 Å². The molecule has 0 atom stereocenters. The molecule has 0 spiro atoms. The molecule has 0 bridgehead atoms. The Balaban J connectivity index is 1.73. The normalized spacial score (nSPS) is 10.4. The lowest BCUT2D eigenvalue weighted by atomic mass is 10.3. The number of thioether (sulfide) groups is 1. The summed E-state index contributed by atoms with van der Waals surface area (Å²) < 4.78 is 11.0. The monoisotopic (exact) mass is 323 g/mol. The second kappa shape index (κ2) is 8.05. The first-order chi connectivity index (χ1) is 10.2. The van der Waals surface area contributed by atoms with E-state index >= 15 is 0 Å². The summed E-state index contributed by atoms with van der Waals surface area (Å²) in [4.78, 5) is 1.10. The zero-order valence-corrected chi connectivity index (χ0v) is 13.4. The summed E-state index contributed by atoms with van der Waals surface area (Å²) >= 11 is 7.56. The molecule has 0 aliphatic rings. The molecule has 0 radical (unpaired) electrons. The van der Waals surface area contributed by atoms with Crippen molar-refractivity contribution in [1.82, 2.24) is 0 Å². The van der Waals surface area contributed by atoms with Crippen LogP contribution in [0.25, 0.3) is 0 Å². The standard InChI is InChI=1S/C16H18ClNO2S/c1-19-15-11-13(18)5-8-16(15)21-10-2-9-20-14-6-3-12(17)4-7-14/h3-8,11H,2,9-10,18H2,1H3. The fourth-order valence-electron chi connectivity index (χ4n) is 1.77. The molecule has 21 heavy (non-hydrogen) atoms. The van der Waals surface area contributed by atoms with Gasteiger partial charge in [-0.3, -0.25) is 0 Å². The number of halogens is 1. The number of hydrogen-bond donors (Lipinski definition) is 1. The number of benzene rings is 2. The molecule has 0 heterocycles. The smallest absolute Gasteiger partial charge is 0.134 e. The lowest BCUT2D eigenvalue weighted by molar-refractivity contribution is 0.318. The Morgan fingerprint density at radius 3 is 2.62 bits per heavy atom. The van der Waals surface area contributed by atoms with Crippen molar-refractivity contribution in [1.29, 1.82) is 0 Å². The Morgan fingerprint density at radius 1 is 1.14 bits per heavy atom. The molecule has 2 rings (SSSR count). The van der Waals surface area contributed by atoms with Crippen molar-refractivity contribution in [2.24, 2.45) is 0 Å². The van der Waals surface area contributed by atoms with Crippen molar-refractivity contribution in [3.8, 4) is 11.5 Å². The minimum Gasteiger partial charge on any atom is -0.496 e. The first-order valence-electron chi connectivity index (χ1n) is 6.64. The van der Waals surface area contributed by atoms with Crippen LogP contribution in [0.3, 0.4) is 0 Å². The summed E-state index contributed by atoms with van der Waals surface area (Å²) in [5, 5.41) is 0.716. The van der Waals surface area contributed by atoms with Gasteiger partial charge in [0.25, 0.3) is 0 Å². The Bertz CT molecular complexity index is 575. The van der Waals surface area contributed by atoms with Crippen LogP contribution < -0.4 is 15.2 Å². The second-order valence-electron chi connectivity index (χ2n) is 4.41. The SMILES string of the molecule is COc1cc(N)ccc1SCCCOc1ccc(Cl)cc1. The first-order valence-corrected chi connectivity index (χ1v) is 8.00. The molecule has 2 N–H and O–H groups in total. The van der Waals surface area contributed by atoms with Crippen LogP contribution in [0, 0.1) is 0 Å². The highest BCUT2D eigenvalue weighted by Gasteiger charge is 2.04. The molecular formula is C16H18ClNO2S. The Labute approximate surface area is 134 Å². The Morgan fingerprint density at radius 2 is 1.90 bits per heavy atom. The van der Waals surface area contributed by atoms with Crippen LogP contribution in [0.2, 0.25) is 5.02 Å². The summed E-state index contributed by atoms with van der Waals surface area (Å²) in [7, 11) is 1.66. The number of nitrogens with two attached hydrogens (primary N) is 1. The summed E-state index contributed by atoms with van der Waals surface area (Å²) in [5.74, 6) is 2.61. The van der Waals surface area contributed by atoms with Gasteiger partial charge in [0.05, 0.1) is 13.7 Å². The van der Waals surface area contributed by atoms with Gasteiger partial charge in [-0.1, -0.05) is 11.6 Å². The highest BCUT2D eigenvalue weighted by molar-refractivity contribution is 7.99. The minimum absolute atomic E-state index is 0.673. The topological polar surface area (TPSA) is 44.5 Å². The van der Waals surface area contributed by atoms with E-state index in [0.717, 1.165) is 28.6 Å². The number of nitrogen functional groups attached to an aromatic ring is 1. The summed E-state index contributed by atoms with van der Waals surface area (Å²) in [6.07, 6.45) is 0.945. The summed E-state index contributed by atoms with van der Waals surface area (Å²) in [6.45, 7) is 0.673. The molecule has 0 aliphatic heterocycles. The van der Waals surface area contributed by atoms with Gasteiger partial charge in [-0.05, 0) is 42.8 Å². The van der Waals surface area contributed by atoms with E-state index in [0.29, 0.717) is 17.3 Å². The third kappa shape index (κ3) is 5.06. The van der Waals surface area contributed by atoms with Crippen LogP contribution in [0.15, 0.2) is 47.4 Å². The minimum atomic E-state index is 0.673. The fraction of sp³-hybridized carbons (Fsp3) is 0.250. The average Bonchev–Trinajstić information content (AvgIpc) is 2.50. The molecule has 0 saturated carbocycles. The van der Waals surface area contributed by atoms with Gasteiger partial charge in [-0.15, -0.1) is 11.8 Å². The number of anilines is 1. The van der Waals surface area contributed by atoms with E-state index in [1.807, 2.05) is 42.5 Å². The van der Waals surface area contributed by atoms with Crippen molar-refractivity contribution in [2.75, 3.05) is 25.2 Å². The van der Waals surface area contributed by atoms with E-state index in [1.165, 1.54) is 0 Å². The number of hydrogen-bond acceptors (Lipinski definition) is 4. The van der Waals surface area contributed by atoms with Crippen LogP contribution in [-0.4, -0.2) is 19.5 Å². The van der Waals surface area contributed by atoms with Crippen LogP contribution in [0.1, 0.15) is 6.42 Å². The van der Waals surface area contributed by atoms with Gasteiger partial charge in [-0.25, -0.2) is 0 Å². The third-order valence-corrected chi connectivity index (χ3v) is 4.21. The highest BCUT2D eigenvalue weighted by Crippen LogP contribution is 2.31. The third-order valence-electron chi connectivity index (χ3n) is 2.82. The van der Waals surface area contributed by atoms with Gasteiger partial charge in [-0.2, -0.15) is 0 Å². The van der Waals surface area contributed by atoms with Gasteiger partial charge in [0.2, 0.25) is 0 Å². The maximum Gasteiger partial charge on any atom is 0.134 e. The zero-order valence-electron chi connectivity index (χ0n) is 11.8. The molecule has 0 aliphatic carbocycles. The van der Waals surface area contributed by atoms with Crippen LogP contribution in [0.4, 0.5) is 5.69 Å². The Hall–Kier alpha value is -1.52.